The van der Waals surface area contributed by atoms with E-state index in [1.807, 2.05) is 55.3 Å². The number of hydrogen-bond acceptors (Lipinski definition) is 4. The van der Waals surface area contributed by atoms with Crippen LogP contribution in [0.15, 0.2) is 55.0 Å². The van der Waals surface area contributed by atoms with Gasteiger partial charge in [0.05, 0.1) is 16.9 Å². The number of carboxylic acid groups (broad SMARTS) is 1. The molecule has 7 nitrogen and oxygen atoms in total. The third kappa shape index (κ3) is 4.11. The molecule has 0 aliphatic carbocycles. The second-order valence-electron chi connectivity index (χ2n) is 6.97. The smallest absolute Gasteiger partial charge is 0.339 e. The Labute approximate surface area is 168 Å². The summed E-state index contributed by atoms with van der Waals surface area (Å²) in [6.07, 6.45) is 5.19. The van der Waals surface area contributed by atoms with Gasteiger partial charge in [-0.3, -0.25) is 9.80 Å². The van der Waals surface area contributed by atoms with Crippen LogP contribution in [0.4, 0.5) is 15.8 Å². The lowest BCUT2D eigenvalue weighted by atomic mass is 9.88. The first-order valence-electron chi connectivity index (χ1n) is 9.57. The summed E-state index contributed by atoms with van der Waals surface area (Å²) in [5.41, 5.74) is 3.29. The molecule has 3 rings (SSSR count). The van der Waals surface area contributed by atoms with Crippen LogP contribution in [-0.4, -0.2) is 33.3 Å². The highest BCUT2D eigenvalue weighted by molar-refractivity contribution is 6.01. The Bertz CT molecular complexity index is 912. The number of hydrazine groups is 1. The summed E-state index contributed by atoms with van der Waals surface area (Å²) in [5.74, 6) is -2.03. The van der Waals surface area contributed by atoms with E-state index in [0.29, 0.717) is 13.0 Å². The largest absolute Gasteiger partial charge is 0.478 e. The number of nitrogens with one attached hydrogen (secondary N) is 2. The number of para-hydroxylation sites is 1. The number of aromatic carboxylic acids is 1. The van der Waals surface area contributed by atoms with E-state index in [1.165, 1.54) is 12.4 Å². The van der Waals surface area contributed by atoms with Gasteiger partial charge in [-0.2, -0.15) is 0 Å². The number of anilines is 2. The summed E-state index contributed by atoms with van der Waals surface area (Å²) in [6.45, 7) is 4.32. The van der Waals surface area contributed by atoms with E-state index in [4.69, 9.17) is 0 Å². The number of benzene rings is 1. The Morgan fingerprint density at radius 2 is 1.97 bits per heavy atom. The minimum atomic E-state index is -1.82. The highest BCUT2D eigenvalue weighted by Gasteiger charge is 2.40. The van der Waals surface area contributed by atoms with Gasteiger partial charge in [-0.25, -0.2) is 9.18 Å². The van der Waals surface area contributed by atoms with Crippen LogP contribution in [0.25, 0.3) is 0 Å². The molecule has 2 aromatic rings. The maximum atomic E-state index is 15.0. The molecule has 1 aliphatic heterocycles. The summed E-state index contributed by atoms with van der Waals surface area (Å²) >= 11 is 0. The van der Waals surface area contributed by atoms with Crippen molar-refractivity contribution in [3.8, 4) is 0 Å². The lowest BCUT2D eigenvalue weighted by Crippen LogP contribution is -2.51. The minimum Gasteiger partial charge on any atom is -0.478 e. The first kappa shape index (κ1) is 20.4. The van der Waals surface area contributed by atoms with E-state index in [2.05, 4.69) is 10.7 Å². The Balaban J connectivity index is 1.77. The standard InChI is InChI=1S/C21H25FN4O3/c1-3-21(10-11-23-26(21)15-8-6-5-7-9-15)12-17(22)19(27)24-18-14-25(4-2)13-16(18)20(28)29/h5-11,13-14,17,23H,3-4,12H2,1-2H3,(H,24,27)(H,28,29). The van der Waals surface area contributed by atoms with E-state index >= 15 is 4.39 Å². The van der Waals surface area contributed by atoms with Gasteiger partial charge in [0.2, 0.25) is 0 Å². The monoisotopic (exact) mass is 400 g/mol. The number of hydrogen-bond donors (Lipinski definition) is 3. The third-order valence-corrected chi connectivity index (χ3v) is 5.22. The quantitative estimate of drug-likeness (QED) is 0.631. The lowest BCUT2D eigenvalue weighted by Gasteiger charge is -2.39. The molecule has 0 saturated heterocycles. The maximum Gasteiger partial charge on any atom is 0.339 e. The normalized spacial score (nSPS) is 19.1. The molecule has 2 atom stereocenters. The second kappa shape index (κ2) is 8.38. The van der Waals surface area contributed by atoms with Crippen molar-refractivity contribution in [2.75, 3.05) is 10.3 Å². The topological polar surface area (TPSA) is 86.6 Å². The number of carbonyl (C=O) groups excluding carboxylic acids is 1. The molecule has 0 spiro atoms. The molecular formula is C21H25FN4O3. The molecule has 29 heavy (non-hydrogen) atoms. The van der Waals surface area contributed by atoms with E-state index in [0.717, 1.165) is 5.69 Å². The predicted molar refractivity (Wildman–Crippen MR) is 109 cm³/mol. The van der Waals surface area contributed by atoms with Crippen LogP contribution in [0.1, 0.15) is 37.0 Å². The van der Waals surface area contributed by atoms with Gasteiger partial charge < -0.3 is 20.4 Å². The molecule has 0 radical (unpaired) electrons. The number of nitrogens with zero attached hydrogens (tertiary/aromatic N) is 2. The van der Waals surface area contributed by atoms with Crippen LogP contribution < -0.4 is 15.8 Å². The van der Waals surface area contributed by atoms with Crippen LogP contribution in [0.3, 0.4) is 0 Å². The summed E-state index contributed by atoms with van der Waals surface area (Å²) in [5, 5.41) is 13.6. The lowest BCUT2D eigenvalue weighted by molar-refractivity contribution is -0.121. The number of carboxylic acids is 1. The summed E-state index contributed by atoms with van der Waals surface area (Å²) in [4.78, 5) is 23.9. The van der Waals surface area contributed by atoms with Crippen LogP contribution in [0.5, 0.6) is 0 Å². The molecule has 0 fully saturated rings. The van der Waals surface area contributed by atoms with Crippen molar-refractivity contribution in [2.24, 2.45) is 0 Å². The highest BCUT2D eigenvalue weighted by atomic mass is 19.1. The van der Waals surface area contributed by atoms with E-state index in [9.17, 15) is 14.7 Å². The van der Waals surface area contributed by atoms with Gasteiger partial charge in [0.25, 0.3) is 5.91 Å². The highest BCUT2D eigenvalue weighted by Crippen LogP contribution is 2.34. The number of carbonyl (C=O) groups is 2. The zero-order chi connectivity index (χ0) is 21.0. The number of alkyl halides is 1. The van der Waals surface area contributed by atoms with Gasteiger partial charge in [-0.15, -0.1) is 0 Å². The number of halogens is 1. The molecule has 154 valence electrons. The average Bonchev–Trinajstić information content (AvgIpc) is 3.33. The number of aromatic nitrogens is 1. The minimum absolute atomic E-state index is 0.0639. The number of rotatable bonds is 8. The SMILES string of the molecule is CCn1cc(NC(=O)C(F)CC2(CC)C=CNN2c2ccccc2)c(C(=O)O)c1. The molecule has 0 bridgehead atoms. The van der Waals surface area contributed by atoms with E-state index in [-0.39, 0.29) is 17.7 Å². The molecule has 1 amide bonds. The zero-order valence-corrected chi connectivity index (χ0v) is 16.4. The second-order valence-corrected chi connectivity index (χ2v) is 6.97. The van der Waals surface area contributed by atoms with Crippen molar-refractivity contribution in [2.45, 2.75) is 44.9 Å². The molecule has 2 heterocycles. The van der Waals surface area contributed by atoms with Crippen LogP contribution in [-0.2, 0) is 11.3 Å². The van der Waals surface area contributed by atoms with Gasteiger partial charge in [0, 0.05) is 31.6 Å². The van der Waals surface area contributed by atoms with Gasteiger partial charge in [0.1, 0.15) is 5.56 Å². The van der Waals surface area contributed by atoms with Crippen LogP contribution in [0, 0.1) is 0 Å². The maximum absolute atomic E-state index is 15.0. The Morgan fingerprint density at radius 3 is 2.59 bits per heavy atom. The summed E-state index contributed by atoms with van der Waals surface area (Å²) in [7, 11) is 0. The van der Waals surface area contributed by atoms with Crippen molar-refractivity contribution in [3.63, 3.8) is 0 Å². The molecule has 8 heteroatoms. The van der Waals surface area contributed by atoms with E-state index < -0.39 is 23.6 Å². The average molecular weight is 400 g/mol. The fourth-order valence-corrected chi connectivity index (χ4v) is 3.53. The van der Waals surface area contributed by atoms with Crippen molar-refractivity contribution in [1.29, 1.82) is 0 Å². The van der Waals surface area contributed by atoms with Gasteiger partial charge >= 0.3 is 5.97 Å². The Morgan fingerprint density at radius 1 is 1.24 bits per heavy atom. The van der Waals surface area contributed by atoms with Crippen molar-refractivity contribution >= 4 is 23.3 Å². The summed E-state index contributed by atoms with van der Waals surface area (Å²) < 4.78 is 16.6. The van der Waals surface area contributed by atoms with Crippen LogP contribution >= 0.6 is 0 Å². The molecule has 0 saturated carbocycles. The number of aryl methyl sites for hydroxylation is 1. The first-order valence-corrected chi connectivity index (χ1v) is 9.57. The van der Waals surface area contributed by atoms with Crippen molar-refractivity contribution in [3.05, 3.63) is 60.6 Å². The zero-order valence-electron chi connectivity index (χ0n) is 16.4. The van der Waals surface area contributed by atoms with Gasteiger partial charge in [-0.1, -0.05) is 25.1 Å². The van der Waals surface area contributed by atoms with Crippen molar-refractivity contribution in [1.82, 2.24) is 9.99 Å². The third-order valence-electron chi connectivity index (χ3n) is 5.22. The van der Waals surface area contributed by atoms with Gasteiger partial charge in [0.15, 0.2) is 6.17 Å². The Kier molecular flexibility index (Phi) is 5.91. The number of amides is 1. The van der Waals surface area contributed by atoms with Crippen molar-refractivity contribution < 1.29 is 19.1 Å². The molecule has 1 aliphatic rings. The van der Waals surface area contributed by atoms with Crippen LogP contribution in [0.2, 0.25) is 0 Å². The molecule has 2 unspecified atom stereocenters. The molecule has 3 N–H and O–H groups in total. The molecular weight excluding hydrogens is 375 g/mol. The molecule has 1 aromatic heterocycles. The fourth-order valence-electron chi connectivity index (χ4n) is 3.53. The fraction of sp³-hybridized carbons (Fsp3) is 0.333. The molecule has 1 aromatic carbocycles. The van der Waals surface area contributed by atoms with Gasteiger partial charge in [-0.05, 0) is 31.6 Å². The first-order chi connectivity index (χ1) is 13.9. The predicted octanol–water partition coefficient (Wildman–Crippen LogP) is 3.56. The summed E-state index contributed by atoms with van der Waals surface area (Å²) in [6, 6.07) is 9.49. The Hall–Kier alpha value is -3.29. The van der Waals surface area contributed by atoms with E-state index in [1.54, 1.807) is 10.8 Å².